The van der Waals surface area contributed by atoms with Crippen LogP contribution >= 0.6 is 0 Å². The zero-order chi connectivity index (χ0) is 16.9. The minimum atomic E-state index is -3.53. The van der Waals surface area contributed by atoms with E-state index in [-0.39, 0.29) is 0 Å². The number of fused-ring (bicyclic) bond motifs is 1. The largest absolute Gasteiger partial charge is 0.323 e. The van der Waals surface area contributed by atoms with E-state index < -0.39 is 10.2 Å². The molecule has 1 aliphatic carbocycles. The number of hydrogen-bond acceptors (Lipinski definition) is 4. The molecule has 0 spiro atoms. The lowest BCUT2D eigenvalue weighted by atomic mass is 9.97. The molecule has 0 amide bonds. The normalized spacial score (nSPS) is 17.9. The van der Waals surface area contributed by atoms with Crippen LogP contribution in [0.25, 0.3) is 11.1 Å². The maximum atomic E-state index is 12.2. The molecule has 2 aliphatic rings. The van der Waals surface area contributed by atoms with Gasteiger partial charge in [0.25, 0.3) is 0 Å². The molecule has 1 aliphatic heterocycles. The fourth-order valence-electron chi connectivity index (χ4n) is 3.06. The number of pyridine rings is 1. The van der Waals surface area contributed by atoms with Crippen molar-refractivity contribution in [2.75, 3.05) is 16.1 Å². The van der Waals surface area contributed by atoms with E-state index >= 15 is 0 Å². The van der Waals surface area contributed by atoms with E-state index in [9.17, 15) is 13.7 Å². The fraction of sp³-hybridized carbons (Fsp3) is 0.294. The van der Waals surface area contributed by atoms with Crippen molar-refractivity contribution in [2.24, 2.45) is 5.92 Å². The van der Waals surface area contributed by atoms with Gasteiger partial charge in [0.05, 0.1) is 11.4 Å². The van der Waals surface area contributed by atoms with Gasteiger partial charge in [-0.25, -0.2) is 4.98 Å². The van der Waals surface area contributed by atoms with Crippen LogP contribution in [0.15, 0.2) is 30.5 Å². The molecule has 4 rings (SSSR count). The molecule has 1 aromatic heterocycles. The Morgan fingerprint density at radius 2 is 2.21 bits per heavy atom. The Labute approximate surface area is 140 Å². The molecule has 0 radical (unpaired) electrons. The molecule has 0 saturated heterocycles. The van der Waals surface area contributed by atoms with E-state index in [4.69, 9.17) is 0 Å². The lowest BCUT2D eigenvalue weighted by Gasteiger charge is -2.13. The highest BCUT2D eigenvalue weighted by Crippen LogP contribution is 2.44. The summed E-state index contributed by atoms with van der Waals surface area (Å²) < 4.78 is 28.3. The van der Waals surface area contributed by atoms with Crippen LogP contribution in [-0.2, 0) is 16.6 Å². The summed E-state index contributed by atoms with van der Waals surface area (Å²) in [6.45, 7) is 0. The van der Waals surface area contributed by atoms with Crippen molar-refractivity contribution in [3.05, 3.63) is 41.7 Å². The number of anilines is 2. The molecular weight excluding hydrogens is 324 g/mol. The van der Waals surface area contributed by atoms with Gasteiger partial charge in [-0.15, -0.1) is 0 Å². The van der Waals surface area contributed by atoms with Crippen LogP contribution in [0.1, 0.15) is 24.1 Å². The zero-order valence-electron chi connectivity index (χ0n) is 13.2. The van der Waals surface area contributed by atoms with Crippen molar-refractivity contribution in [2.45, 2.75) is 19.3 Å². The van der Waals surface area contributed by atoms with E-state index in [1.165, 1.54) is 24.2 Å². The fourth-order valence-corrected chi connectivity index (χ4v) is 4.09. The summed E-state index contributed by atoms with van der Waals surface area (Å²) >= 11 is 0. The second kappa shape index (κ2) is 5.21. The summed E-state index contributed by atoms with van der Waals surface area (Å²) in [5.41, 5.74) is 4.14. The highest BCUT2D eigenvalue weighted by atomic mass is 32.2. The molecule has 2 heterocycles. The van der Waals surface area contributed by atoms with E-state index in [0.29, 0.717) is 23.0 Å². The van der Waals surface area contributed by atoms with Gasteiger partial charge in [-0.3, -0.25) is 9.03 Å². The van der Waals surface area contributed by atoms with Gasteiger partial charge in [0.1, 0.15) is 11.8 Å². The average Bonchev–Trinajstić information content (AvgIpc) is 3.35. The van der Waals surface area contributed by atoms with Crippen LogP contribution < -0.4 is 9.03 Å². The molecule has 0 unspecified atom stereocenters. The maximum Gasteiger partial charge on any atom is 0.323 e. The van der Waals surface area contributed by atoms with Crippen molar-refractivity contribution in [1.82, 2.24) is 4.98 Å². The summed E-state index contributed by atoms with van der Waals surface area (Å²) in [7, 11) is -2.00. The summed E-state index contributed by atoms with van der Waals surface area (Å²) in [6.07, 6.45) is 4.78. The summed E-state index contributed by atoms with van der Waals surface area (Å²) in [5.74, 6) is 0.615. The van der Waals surface area contributed by atoms with Crippen molar-refractivity contribution in [1.29, 1.82) is 5.26 Å². The Kier molecular flexibility index (Phi) is 3.25. The van der Waals surface area contributed by atoms with E-state index in [1.54, 1.807) is 18.3 Å². The molecule has 1 aromatic carbocycles. The SMILES string of the molecule is CN1c2cc(-c3cccnc3C#N)cc(CC3CC3)c2NS1(=O)=O. The third-order valence-electron chi connectivity index (χ3n) is 4.56. The van der Waals surface area contributed by atoms with Gasteiger partial charge in [-0.05, 0) is 60.6 Å². The maximum absolute atomic E-state index is 12.2. The molecule has 122 valence electrons. The van der Waals surface area contributed by atoms with Gasteiger partial charge >= 0.3 is 10.2 Å². The molecule has 2 aromatic rings. The highest BCUT2D eigenvalue weighted by molar-refractivity contribution is 7.94. The van der Waals surface area contributed by atoms with Gasteiger partial charge in [0, 0.05) is 18.8 Å². The second-order valence-electron chi connectivity index (χ2n) is 6.26. The number of hydrogen-bond donors (Lipinski definition) is 1. The van der Waals surface area contributed by atoms with Crippen LogP contribution in [0.3, 0.4) is 0 Å². The molecule has 6 nitrogen and oxygen atoms in total. The lowest BCUT2D eigenvalue weighted by molar-refractivity contribution is 0.601. The van der Waals surface area contributed by atoms with Gasteiger partial charge in [-0.1, -0.05) is 0 Å². The number of nitriles is 1. The Morgan fingerprint density at radius 3 is 2.92 bits per heavy atom. The number of nitrogens with one attached hydrogen (secondary N) is 1. The number of rotatable bonds is 3. The Bertz CT molecular complexity index is 975. The second-order valence-corrected chi connectivity index (χ2v) is 7.96. The van der Waals surface area contributed by atoms with Crippen molar-refractivity contribution < 1.29 is 8.42 Å². The van der Waals surface area contributed by atoms with Gasteiger partial charge in [-0.2, -0.15) is 13.7 Å². The Morgan fingerprint density at radius 1 is 1.42 bits per heavy atom. The number of aromatic nitrogens is 1. The first kappa shape index (κ1) is 15.0. The molecule has 1 N–H and O–H groups in total. The molecule has 1 fully saturated rings. The zero-order valence-corrected chi connectivity index (χ0v) is 14.0. The van der Waals surface area contributed by atoms with Crippen LogP contribution in [0.2, 0.25) is 0 Å². The van der Waals surface area contributed by atoms with E-state index in [0.717, 1.165) is 23.1 Å². The van der Waals surface area contributed by atoms with Crippen molar-refractivity contribution >= 4 is 21.6 Å². The molecule has 7 heteroatoms. The molecule has 1 saturated carbocycles. The monoisotopic (exact) mass is 340 g/mol. The quantitative estimate of drug-likeness (QED) is 0.931. The number of nitrogens with zero attached hydrogens (tertiary/aromatic N) is 3. The van der Waals surface area contributed by atoms with Crippen molar-refractivity contribution in [3.63, 3.8) is 0 Å². The van der Waals surface area contributed by atoms with Crippen molar-refractivity contribution in [3.8, 4) is 17.2 Å². The summed E-state index contributed by atoms with van der Waals surface area (Å²) in [4.78, 5) is 4.11. The highest BCUT2D eigenvalue weighted by Gasteiger charge is 2.34. The smallest absolute Gasteiger partial charge is 0.264 e. The predicted octanol–water partition coefficient (Wildman–Crippen LogP) is 2.68. The molecule has 0 bridgehead atoms. The minimum Gasteiger partial charge on any atom is -0.264 e. The summed E-state index contributed by atoms with van der Waals surface area (Å²) in [5, 5.41) is 9.30. The van der Waals surface area contributed by atoms with Crippen LogP contribution in [-0.4, -0.2) is 20.4 Å². The summed E-state index contributed by atoms with van der Waals surface area (Å²) in [6, 6.07) is 9.51. The molecule has 0 atom stereocenters. The van der Waals surface area contributed by atoms with Gasteiger partial charge in [0.15, 0.2) is 0 Å². The standard InChI is InChI=1S/C17H16N4O2S/c1-21-16-9-12(14-3-2-6-19-15(14)10-18)8-13(7-11-4-5-11)17(16)20-24(21,22)23/h2-3,6,8-9,11,20H,4-5,7H2,1H3. The van der Waals surface area contributed by atoms with E-state index in [1.807, 2.05) is 12.1 Å². The minimum absolute atomic E-state index is 0.339. The first-order valence-corrected chi connectivity index (χ1v) is 9.22. The third-order valence-corrected chi connectivity index (χ3v) is 5.94. The Hall–Kier alpha value is -2.59. The van der Waals surface area contributed by atoms with Crippen LogP contribution in [0.5, 0.6) is 0 Å². The van der Waals surface area contributed by atoms with Crippen LogP contribution in [0.4, 0.5) is 11.4 Å². The molecule has 24 heavy (non-hydrogen) atoms. The molecular formula is C17H16N4O2S. The Balaban J connectivity index is 1.91. The topological polar surface area (TPSA) is 86.1 Å². The lowest BCUT2D eigenvalue weighted by Crippen LogP contribution is -2.25. The first-order chi connectivity index (χ1) is 11.5. The number of benzene rings is 1. The van der Waals surface area contributed by atoms with E-state index in [2.05, 4.69) is 15.8 Å². The van der Waals surface area contributed by atoms with Gasteiger partial charge < -0.3 is 0 Å². The van der Waals surface area contributed by atoms with Crippen LogP contribution in [0, 0.1) is 17.2 Å². The predicted molar refractivity (Wildman–Crippen MR) is 91.8 cm³/mol. The van der Waals surface area contributed by atoms with Gasteiger partial charge in [0.2, 0.25) is 0 Å². The average molecular weight is 340 g/mol. The third kappa shape index (κ3) is 2.39. The first-order valence-electron chi connectivity index (χ1n) is 7.78.